The second-order valence-electron chi connectivity index (χ2n) is 10.6. The molecule has 7 atom stereocenters. The molecule has 162 valence electrons. The van der Waals surface area contributed by atoms with E-state index in [1.807, 2.05) is 0 Å². The zero-order valence-electron chi connectivity index (χ0n) is 17.5. The molecule has 5 fully saturated rings. The Bertz CT molecular complexity index is 649. The van der Waals surface area contributed by atoms with Crippen molar-refractivity contribution < 1.29 is 14.0 Å². The molecule has 3 aliphatic heterocycles. The summed E-state index contributed by atoms with van der Waals surface area (Å²) in [6.07, 6.45) is 6.41. The van der Waals surface area contributed by atoms with E-state index in [1.165, 1.54) is 6.42 Å². The summed E-state index contributed by atoms with van der Waals surface area (Å²) in [6.45, 7) is 5.00. The van der Waals surface area contributed by atoms with E-state index < -0.39 is 6.17 Å². The van der Waals surface area contributed by atoms with Crippen LogP contribution in [-0.2, 0) is 9.59 Å². The van der Waals surface area contributed by atoms with Crippen LogP contribution in [0.25, 0.3) is 0 Å². The van der Waals surface area contributed by atoms with Crippen molar-refractivity contribution in [2.24, 2.45) is 17.3 Å². The van der Waals surface area contributed by atoms with Gasteiger partial charge in [0, 0.05) is 55.5 Å². The zero-order chi connectivity index (χ0) is 20.2. The lowest BCUT2D eigenvalue weighted by Gasteiger charge is -2.52. The van der Waals surface area contributed by atoms with Crippen molar-refractivity contribution in [3.63, 3.8) is 0 Å². The van der Waals surface area contributed by atoms with Gasteiger partial charge in [0.2, 0.25) is 11.8 Å². The van der Waals surface area contributed by atoms with E-state index >= 15 is 0 Å². The van der Waals surface area contributed by atoms with Crippen molar-refractivity contribution in [2.75, 3.05) is 19.6 Å². The molecule has 2 amide bonds. The lowest BCUT2D eigenvalue weighted by atomic mass is 9.76. The summed E-state index contributed by atoms with van der Waals surface area (Å²) >= 11 is 0. The van der Waals surface area contributed by atoms with E-state index in [4.69, 9.17) is 0 Å². The van der Waals surface area contributed by atoms with Crippen molar-refractivity contribution in [1.29, 1.82) is 0 Å². The number of hydrogen-bond acceptors (Lipinski definition) is 4. The highest BCUT2D eigenvalue weighted by Crippen LogP contribution is 2.41. The molecule has 2 saturated carbocycles. The van der Waals surface area contributed by atoms with Crippen molar-refractivity contribution in [3.8, 4) is 0 Å². The Balaban J connectivity index is 1.12. The number of likely N-dealkylation sites (tertiary alicyclic amines) is 1. The Hall–Kier alpha value is -1.21. The lowest BCUT2D eigenvalue weighted by Crippen LogP contribution is -2.62. The number of carbonyl (C=O) groups excluding carboxylic acids is 2. The largest absolute Gasteiger partial charge is 0.355 e. The summed E-state index contributed by atoms with van der Waals surface area (Å²) in [7, 11) is 0. The van der Waals surface area contributed by atoms with Gasteiger partial charge in [-0.05, 0) is 50.9 Å². The third-order valence-electron chi connectivity index (χ3n) is 8.44. The molecule has 5 aliphatic rings. The number of nitrogens with one attached hydrogen (secondary N) is 3. The second-order valence-corrected chi connectivity index (χ2v) is 10.6. The van der Waals surface area contributed by atoms with E-state index in [9.17, 15) is 14.0 Å². The number of rotatable bonds is 3. The van der Waals surface area contributed by atoms with E-state index in [0.717, 1.165) is 45.3 Å². The first-order chi connectivity index (χ1) is 13.9. The summed E-state index contributed by atoms with van der Waals surface area (Å²) in [4.78, 5) is 27.0. The average molecular weight is 407 g/mol. The van der Waals surface area contributed by atoms with Crippen molar-refractivity contribution in [1.82, 2.24) is 20.9 Å². The minimum Gasteiger partial charge on any atom is -0.355 e. The summed E-state index contributed by atoms with van der Waals surface area (Å²) in [5, 5.41) is 9.71. The summed E-state index contributed by atoms with van der Waals surface area (Å²) in [6, 6.07) is 0.620. The van der Waals surface area contributed by atoms with Crippen LogP contribution in [0, 0.1) is 17.3 Å². The van der Waals surface area contributed by atoms with Gasteiger partial charge in [0.05, 0.1) is 6.04 Å². The molecule has 29 heavy (non-hydrogen) atoms. The highest BCUT2D eigenvalue weighted by molar-refractivity contribution is 5.82. The van der Waals surface area contributed by atoms with Crippen LogP contribution in [0.2, 0.25) is 0 Å². The minimum absolute atomic E-state index is 0.00591. The molecule has 5 unspecified atom stereocenters. The Morgan fingerprint density at radius 2 is 2.03 bits per heavy atom. The highest BCUT2D eigenvalue weighted by Gasteiger charge is 2.50. The molecular weight excluding hydrogens is 371 g/mol. The molecule has 2 aliphatic carbocycles. The Morgan fingerprint density at radius 3 is 2.76 bits per heavy atom. The predicted octanol–water partition coefficient (Wildman–Crippen LogP) is 1.35. The molecule has 0 radical (unpaired) electrons. The topological polar surface area (TPSA) is 73.5 Å². The fourth-order valence-electron chi connectivity index (χ4n) is 6.78. The number of fused-ring (bicyclic) bond motifs is 1. The summed E-state index contributed by atoms with van der Waals surface area (Å²) in [5.41, 5.74) is 0.164. The molecule has 1 spiro atoms. The molecule has 0 aromatic heterocycles. The van der Waals surface area contributed by atoms with E-state index in [1.54, 1.807) is 0 Å². The average Bonchev–Trinajstić information content (AvgIpc) is 3.29. The van der Waals surface area contributed by atoms with Gasteiger partial charge in [-0.1, -0.05) is 6.92 Å². The SMILES string of the molecule is CC1CCC(F)C2CC(C(=O)N[C@@H]3CCC[C@H](N4CC5(CNC(=O)C5)C4)C3)NC12. The van der Waals surface area contributed by atoms with Crippen LogP contribution in [0.3, 0.4) is 0 Å². The standard InChI is InChI=1S/C22H35FN4O2/c1-13-5-6-17(23)16-8-18(26-20(13)16)21(29)25-14-3-2-4-15(7-14)27-11-22(12-27)9-19(28)24-10-22/h13-18,20,26H,2-12H2,1H3,(H,24,28)(H,25,29)/t13?,14-,15+,16?,17?,18?,20?/m1/s1. The van der Waals surface area contributed by atoms with Gasteiger partial charge in [0.25, 0.3) is 0 Å². The maximum Gasteiger partial charge on any atom is 0.237 e. The van der Waals surface area contributed by atoms with E-state index in [0.29, 0.717) is 31.2 Å². The highest BCUT2D eigenvalue weighted by atomic mass is 19.1. The maximum atomic E-state index is 14.3. The first kappa shape index (κ1) is 19.7. The molecule has 0 aromatic carbocycles. The van der Waals surface area contributed by atoms with Crippen LogP contribution in [0.5, 0.6) is 0 Å². The molecule has 0 aromatic rings. The van der Waals surface area contributed by atoms with Gasteiger partial charge in [-0.2, -0.15) is 0 Å². The smallest absolute Gasteiger partial charge is 0.237 e. The number of carbonyl (C=O) groups is 2. The minimum atomic E-state index is -0.767. The third kappa shape index (κ3) is 3.69. The Morgan fingerprint density at radius 1 is 1.21 bits per heavy atom. The molecule has 3 heterocycles. The van der Waals surface area contributed by atoms with Crippen LogP contribution in [0.1, 0.15) is 58.3 Å². The number of alkyl halides is 1. The Kier molecular flexibility index (Phi) is 5.09. The number of halogens is 1. The van der Waals surface area contributed by atoms with Crippen molar-refractivity contribution >= 4 is 11.8 Å². The normalized spacial score (nSPS) is 44.2. The molecule has 3 N–H and O–H groups in total. The quantitative estimate of drug-likeness (QED) is 0.662. The van der Waals surface area contributed by atoms with Crippen LogP contribution < -0.4 is 16.0 Å². The molecule has 5 rings (SSSR count). The maximum absolute atomic E-state index is 14.3. The van der Waals surface area contributed by atoms with Gasteiger partial charge in [-0.25, -0.2) is 4.39 Å². The van der Waals surface area contributed by atoms with Crippen molar-refractivity contribution in [2.45, 2.75) is 88.6 Å². The lowest BCUT2D eigenvalue weighted by molar-refractivity contribution is -0.125. The van der Waals surface area contributed by atoms with Gasteiger partial charge in [0.15, 0.2) is 0 Å². The predicted molar refractivity (Wildman–Crippen MR) is 108 cm³/mol. The third-order valence-corrected chi connectivity index (χ3v) is 8.44. The van der Waals surface area contributed by atoms with Crippen LogP contribution in [-0.4, -0.2) is 66.7 Å². The van der Waals surface area contributed by atoms with Gasteiger partial charge < -0.3 is 16.0 Å². The molecule has 0 bridgehead atoms. The van der Waals surface area contributed by atoms with Crippen molar-refractivity contribution in [3.05, 3.63) is 0 Å². The summed E-state index contributed by atoms with van der Waals surface area (Å²) in [5.74, 6) is 0.691. The van der Waals surface area contributed by atoms with Gasteiger partial charge >= 0.3 is 0 Å². The first-order valence-electron chi connectivity index (χ1n) is 11.6. The molecular formula is C22H35FN4O2. The molecule has 7 heteroatoms. The first-order valence-corrected chi connectivity index (χ1v) is 11.6. The van der Waals surface area contributed by atoms with E-state index in [-0.39, 0.29) is 41.3 Å². The summed E-state index contributed by atoms with van der Waals surface area (Å²) < 4.78 is 14.3. The fraction of sp³-hybridized carbons (Fsp3) is 0.909. The Labute approximate surface area is 172 Å². The van der Waals surface area contributed by atoms with Gasteiger partial charge in [-0.3, -0.25) is 14.5 Å². The second kappa shape index (κ2) is 7.49. The van der Waals surface area contributed by atoms with Crippen LogP contribution >= 0.6 is 0 Å². The number of hydrogen-bond donors (Lipinski definition) is 3. The molecule has 6 nitrogen and oxygen atoms in total. The van der Waals surface area contributed by atoms with Crippen LogP contribution in [0.15, 0.2) is 0 Å². The molecule has 3 saturated heterocycles. The zero-order valence-corrected chi connectivity index (χ0v) is 17.5. The van der Waals surface area contributed by atoms with Gasteiger partial charge in [0.1, 0.15) is 6.17 Å². The van der Waals surface area contributed by atoms with Crippen LogP contribution in [0.4, 0.5) is 4.39 Å². The van der Waals surface area contributed by atoms with Gasteiger partial charge in [-0.15, -0.1) is 0 Å². The fourth-order valence-corrected chi connectivity index (χ4v) is 6.78. The van der Waals surface area contributed by atoms with E-state index in [2.05, 4.69) is 27.8 Å². The number of nitrogens with zero attached hydrogens (tertiary/aromatic N) is 1. The monoisotopic (exact) mass is 406 g/mol. The number of amides is 2.